The lowest BCUT2D eigenvalue weighted by molar-refractivity contribution is 0.238. The third kappa shape index (κ3) is 3.65. The van der Waals surface area contributed by atoms with Crippen LogP contribution in [0, 0.1) is 0 Å². The summed E-state index contributed by atoms with van der Waals surface area (Å²) < 4.78 is 0. The SMILES string of the molecule is CCC(CO)NCc1cc(Cl)cs1. The topological polar surface area (TPSA) is 32.3 Å². The molecule has 0 radical (unpaired) electrons. The number of aliphatic hydroxyl groups is 1. The first-order valence-corrected chi connectivity index (χ1v) is 5.59. The lowest BCUT2D eigenvalue weighted by Crippen LogP contribution is -2.30. The van der Waals surface area contributed by atoms with Gasteiger partial charge in [0.15, 0.2) is 0 Å². The van der Waals surface area contributed by atoms with E-state index in [1.165, 1.54) is 4.88 Å². The average molecular weight is 220 g/mol. The molecule has 0 fully saturated rings. The maximum absolute atomic E-state index is 8.92. The summed E-state index contributed by atoms with van der Waals surface area (Å²) in [7, 11) is 0. The predicted molar refractivity (Wildman–Crippen MR) is 57.3 cm³/mol. The zero-order valence-electron chi connectivity index (χ0n) is 7.59. The Kier molecular flexibility index (Phi) is 4.73. The van der Waals surface area contributed by atoms with Crippen molar-refractivity contribution in [2.24, 2.45) is 0 Å². The molecule has 0 aliphatic rings. The van der Waals surface area contributed by atoms with Gasteiger partial charge in [-0.25, -0.2) is 0 Å². The molecular formula is C9H14ClNOS. The molecule has 13 heavy (non-hydrogen) atoms. The predicted octanol–water partition coefficient (Wildman–Crippen LogP) is 2.26. The summed E-state index contributed by atoms with van der Waals surface area (Å²) >= 11 is 7.41. The molecule has 0 saturated carbocycles. The van der Waals surface area contributed by atoms with Crippen LogP contribution in [0.25, 0.3) is 0 Å². The van der Waals surface area contributed by atoms with Gasteiger partial charge in [-0.05, 0) is 12.5 Å². The number of thiophene rings is 1. The summed E-state index contributed by atoms with van der Waals surface area (Å²) in [6, 6.07) is 2.14. The average Bonchev–Trinajstić information content (AvgIpc) is 2.53. The maximum Gasteiger partial charge on any atom is 0.0584 e. The van der Waals surface area contributed by atoms with E-state index in [1.54, 1.807) is 11.3 Å². The van der Waals surface area contributed by atoms with Gasteiger partial charge in [0, 0.05) is 22.8 Å². The highest BCUT2D eigenvalue weighted by atomic mass is 35.5. The zero-order chi connectivity index (χ0) is 9.68. The number of hydrogen-bond acceptors (Lipinski definition) is 3. The van der Waals surface area contributed by atoms with Gasteiger partial charge in [0.2, 0.25) is 0 Å². The van der Waals surface area contributed by atoms with E-state index in [4.69, 9.17) is 16.7 Å². The van der Waals surface area contributed by atoms with Crippen molar-refractivity contribution >= 4 is 22.9 Å². The van der Waals surface area contributed by atoms with Crippen LogP contribution in [0.1, 0.15) is 18.2 Å². The number of hydrogen-bond donors (Lipinski definition) is 2. The van der Waals surface area contributed by atoms with Crippen molar-refractivity contribution in [3.05, 3.63) is 21.3 Å². The van der Waals surface area contributed by atoms with E-state index in [0.29, 0.717) is 0 Å². The van der Waals surface area contributed by atoms with Gasteiger partial charge >= 0.3 is 0 Å². The number of rotatable bonds is 5. The molecule has 1 unspecified atom stereocenters. The molecule has 1 aromatic heterocycles. The molecule has 0 aliphatic carbocycles. The van der Waals surface area contributed by atoms with Crippen LogP contribution in [0.15, 0.2) is 11.4 Å². The van der Waals surface area contributed by atoms with Crippen molar-refractivity contribution in [1.29, 1.82) is 0 Å². The number of aliphatic hydroxyl groups excluding tert-OH is 1. The molecule has 0 saturated heterocycles. The van der Waals surface area contributed by atoms with Crippen molar-refractivity contribution in [2.45, 2.75) is 25.9 Å². The van der Waals surface area contributed by atoms with Crippen LogP contribution < -0.4 is 5.32 Å². The summed E-state index contributed by atoms with van der Waals surface area (Å²) in [5.41, 5.74) is 0. The molecule has 1 rings (SSSR count). The molecule has 1 atom stereocenters. The molecular weight excluding hydrogens is 206 g/mol. The quantitative estimate of drug-likeness (QED) is 0.797. The van der Waals surface area contributed by atoms with Crippen molar-refractivity contribution in [3.8, 4) is 0 Å². The molecule has 0 aliphatic heterocycles. The first kappa shape index (κ1) is 11.0. The van der Waals surface area contributed by atoms with Crippen LogP contribution in [0.4, 0.5) is 0 Å². The van der Waals surface area contributed by atoms with E-state index in [-0.39, 0.29) is 12.6 Å². The van der Waals surface area contributed by atoms with Gasteiger partial charge in [-0.2, -0.15) is 0 Å². The second-order valence-corrected chi connectivity index (χ2v) is 4.33. The number of nitrogens with one attached hydrogen (secondary N) is 1. The van der Waals surface area contributed by atoms with E-state index in [2.05, 4.69) is 12.2 Å². The molecule has 0 amide bonds. The highest BCUT2D eigenvalue weighted by Gasteiger charge is 2.04. The van der Waals surface area contributed by atoms with Gasteiger partial charge in [-0.15, -0.1) is 11.3 Å². The third-order valence-corrected chi connectivity index (χ3v) is 3.18. The smallest absolute Gasteiger partial charge is 0.0584 e. The Bertz CT molecular complexity index is 248. The summed E-state index contributed by atoms with van der Waals surface area (Å²) in [6.45, 7) is 3.03. The summed E-state index contributed by atoms with van der Waals surface area (Å²) in [5, 5.41) is 14.9. The molecule has 0 spiro atoms. The van der Waals surface area contributed by atoms with E-state index < -0.39 is 0 Å². The Morgan fingerprint density at radius 2 is 2.46 bits per heavy atom. The maximum atomic E-state index is 8.92. The Hall–Kier alpha value is -0.0900. The molecule has 2 nitrogen and oxygen atoms in total. The first-order chi connectivity index (χ1) is 6.26. The Balaban J connectivity index is 2.33. The first-order valence-electron chi connectivity index (χ1n) is 4.33. The fraction of sp³-hybridized carbons (Fsp3) is 0.556. The minimum Gasteiger partial charge on any atom is -0.395 e. The summed E-state index contributed by atoms with van der Waals surface area (Å²) in [4.78, 5) is 1.21. The highest BCUT2D eigenvalue weighted by molar-refractivity contribution is 7.10. The standard InChI is InChI=1S/C9H14ClNOS/c1-2-8(5-12)11-4-9-3-7(10)6-13-9/h3,6,8,11-12H,2,4-5H2,1H3. The molecule has 0 aromatic carbocycles. The Morgan fingerprint density at radius 3 is 2.92 bits per heavy atom. The van der Waals surface area contributed by atoms with Gasteiger partial charge in [0.25, 0.3) is 0 Å². The summed E-state index contributed by atoms with van der Waals surface area (Å²) in [5.74, 6) is 0. The van der Waals surface area contributed by atoms with Gasteiger partial charge in [0.05, 0.1) is 11.6 Å². The van der Waals surface area contributed by atoms with E-state index in [1.807, 2.05) is 11.4 Å². The van der Waals surface area contributed by atoms with Crippen molar-refractivity contribution in [1.82, 2.24) is 5.32 Å². The molecule has 4 heteroatoms. The Morgan fingerprint density at radius 1 is 1.69 bits per heavy atom. The van der Waals surface area contributed by atoms with E-state index >= 15 is 0 Å². The highest BCUT2D eigenvalue weighted by Crippen LogP contribution is 2.18. The lowest BCUT2D eigenvalue weighted by atomic mass is 10.2. The van der Waals surface area contributed by atoms with Crippen LogP contribution >= 0.6 is 22.9 Å². The van der Waals surface area contributed by atoms with Crippen LogP contribution in [0.5, 0.6) is 0 Å². The third-order valence-electron chi connectivity index (χ3n) is 1.90. The summed E-state index contributed by atoms with van der Waals surface area (Å²) in [6.07, 6.45) is 0.940. The van der Waals surface area contributed by atoms with Gasteiger partial charge in [0.1, 0.15) is 0 Å². The monoisotopic (exact) mass is 219 g/mol. The van der Waals surface area contributed by atoms with Gasteiger partial charge < -0.3 is 10.4 Å². The van der Waals surface area contributed by atoms with Gasteiger partial charge in [-0.3, -0.25) is 0 Å². The second kappa shape index (κ2) is 5.60. The minimum atomic E-state index is 0.190. The van der Waals surface area contributed by atoms with E-state index in [9.17, 15) is 0 Å². The number of halogens is 1. The molecule has 2 N–H and O–H groups in total. The van der Waals surface area contributed by atoms with Crippen LogP contribution in [-0.2, 0) is 6.54 Å². The van der Waals surface area contributed by atoms with Crippen LogP contribution in [0.2, 0.25) is 5.02 Å². The fourth-order valence-electron chi connectivity index (χ4n) is 1.03. The van der Waals surface area contributed by atoms with Crippen LogP contribution in [-0.4, -0.2) is 17.8 Å². The van der Waals surface area contributed by atoms with Crippen molar-refractivity contribution in [3.63, 3.8) is 0 Å². The molecule has 0 bridgehead atoms. The molecule has 1 aromatic rings. The fourth-order valence-corrected chi connectivity index (χ4v) is 2.05. The van der Waals surface area contributed by atoms with Gasteiger partial charge in [-0.1, -0.05) is 18.5 Å². The molecule has 1 heterocycles. The van der Waals surface area contributed by atoms with E-state index in [0.717, 1.165) is 18.0 Å². The zero-order valence-corrected chi connectivity index (χ0v) is 9.16. The largest absolute Gasteiger partial charge is 0.395 e. The normalized spacial score (nSPS) is 13.2. The molecule has 74 valence electrons. The van der Waals surface area contributed by atoms with Crippen molar-refractivity contribution in [2.75, 3.05) is 6.61 Å². The van der Waals surface area contributed by atoms with Crippen LogP contribution in [0.3, 0.4) is 0 Å². The minimum absolute atomic E-state index is 0.190. The second-order valence-electron chi connectivity index (χ2n) is 2.90. The lowest BCUT2D eigenvalue weighted by Gasteiger charge is -2.12. The van der Waals surface area contributed by atoms with Crippen molar-refractivity contribution < 1.29 is 5.11 Å². The Labute approximate surface area is 87.5 Å².